The van der Waals surface area contributed by atoms with E-state index in [0.717, 1.165) is 13.1 Å². The highest BCUT2D eigenvalue weighted by molar-refractivity contribution is 9.10. The fraction of sp³-hybridized carbons (Fsp3) is 0.500. The molecule has 0 atom stereocenters. The monoisotopic (exact) mass is 305 g/mol. The van der Waals surface area contributed by atoms with Crippen LogP contribution in [0.25, 0.3) is 0 Å². The van der Waals surface area contributed by atoms with E-state index in [1.165, 1.54) is 25.3 Å². The van der Waals surface area contributed by atoms with Gasteiger partial charge in [-0.15, -0.1) is 0 Å². The summed E-state index contributed by atoms with van der Waals surface area (Å²) in [5, 5.41) is 0.577. The molecule has 0 aliphatic carbocycles. The molecule has 0 bridgehead atoms. The average Bonchev–Trinajstić information content (AvgIpc) is 2.27. The molecule has 1 nitrogen and oxygen atoms in total. The Kier molecular flexibility index (Phi) is 4.22. The van der Waals surface area contributed by atoms with Gasteiger partial charge in [-0.3, -0.25) is 4.90 Å². The summed E-state index contributed by atoms with van der Waals surface area (Å²) in [6, 6.07) is 3.16. The van der Waals surface area contributed by atoms with Crippen molar-refractivity contribution in [2.45, 2.75) is 25.8 Å². The molecule has 0 N–H and O–H groups in total. The Morgan fingerprint density at radius 1 is 1.25 bits per heavy atom. The predicted octanol–water partition coefficient (Wildman–Crippen LogP) is 4.23. The van der Waals surface area contributed by atoms with Crippen molar-refractivity contribution in [2.75, 3.05) is 13.1 Å². The van der Waals surface area contributed by atoms with Gasteiger partial charge in [0, 0.05) is 16.6 Å². The Balaban J connectivity index is 2.11. The first-order chi connectivity index (χ1) is 7.66. The average molecular weight is 307 g/mol. The van der Waals surface area contributed by atoms with Gasteiger partial charge in [-0.2, -0.15) is 0 Å². The lowest BCUT2D eigenvalue weighted by Crippen LogP contribution is -2.29. The lowest BCUT2D eigenvalue weighted by Gasteiger charge is -2.26. The summed E-state index contributed by atoms with van der Waals surface area (Å²) in [6.07, 6.45) is 3.72. The Labute approximate surface area is 109 Å². The number of hydrogen-bond acceptors (Lipinski definition) is 1. The number of rotatable bonds is 2. The summed E-state index contributed by atoms with van der Waals surface area (Å²) in [5.74, 6) is -0.179. The minimum Gasteiger partial charge on any atom is -0.299 e. The Hall–Kier alpha value is -0.120. The van der Waals surface area contributed by atoms with E-state index in [-0.39, 0.29) is 5.82 Å². The number of likely N-dealkylation sites (tertiary alicyclic amines) is 1. The van der Waals surface area contributed by atoms with Gasteiger partial charge >= 0.3 is 0 Å². The molecule has 1 fully saturated rings. The van der Waals surface area contributed by atoms with Crippen LogP contribution in [0.1, 0.15) is 24.8 Å². The SMILES string of the molecule is Fc1cc(Br)c(Cl)cc1CN1CCCCC1. The molecule has 1 aliphatic rings. The Morgan fingerprint density at radius 2 is 1.94 bits per heavy atom. The van der Waals surface area contributed by atoms with E-state index < -0.39 is 0 Å². The van der Waals surface area contributed by atoms with Gasteiger partial charge < -0.3 is 0 Å². The number of nitrogens with zero attached hydrogens (tertiary/aromatic N) is 1. The van der Waals surface area contributed by atoms with Gasteiger partial charge in [0.05, 0.1) is 5.02 Å². The summed E-state index contributed by atoms with van der Waals surface area (Å²) in [7, 11) is 0. The third-order valence-electron chi connectivity index (χ3n) is 2.93. The van der Waals surface area contributed by atoms with Gasteiger partial charge in [0.15, 0.2) is 0 Å². The highest BCUT2D eigenvalue weighted by Crippen LogP contribution is 2.26. The quantitative estimate of drug-likeness (QED) is 0.739. The third kappa shape index (κ3) is 2.96. The van der Waals surface area contributed by atoms with E-state index in [1.807, 2.05) is 0 Å². The standard InChI is InChI=1S/C12H14BrClFN/c13-10-7-12(15)9(6-11(10)14)8-16-4-2-1-3-5-16/h6-7H,1-5,8H2. The molecule has 1 heterocycles. The molecular weight excluding hydrogens is 292 g/mol. The first-order valence-corrected chi connectivity index (χ1v) is 6.69. The first kappa shape index (κ1) is 12.3. The van der Waals surface area contributed by atoms with E-state index >= 15 is 0 Å². The number of piperidine rings is 1. The summed E-state index contributed by atoms with van der Waals surface area (Å²) in [6.45, 7) is 2.79. The van der Waals surface area contributed by atoms with Crippen molar-refractivity contribution in [1.29, 1.82) is 0 Å². The molecule has 0 spiro atoms. The summed E-state index contributed by atoms with van der Waals surface area (Å²) >= 11 is 9.19. The molecule has 0 amide bonds. The molecule has 1 aromatic carbocycles. The van der Waals surface area contributed by atoms with Crippen molar-refractivity contribution in [3.8, 4) is 0 Å². The number of benzene rings is 1. The molecule has 0 aromatic heterocycles. The second-order valence-electron chi connectivity index (χ2n) is 4.19. The first-order valence-electron chi connectivity index (χ1n) is 5.52. The largest absolute Gasteiger partial charge is 0.299 e. The molecule has 0 radical (unpaired) electrons. The van der Waals surface area contributed by atoms with Crippen LogP contribution in [-0.2, 0) is 6.54 Å². The smallest absolute Gasteiger partial charge is 0.128 e. The Bertz CT molecular complexity index is 378. The van der Waals surface area contributed by atoms with Gasteiger partial charge in [0.25, 0.3) is 0 Å². The maximum Gasteiger partial charge on any atom is 0.128 e. The molecule has 4 heteroatoms. The van der Waals surface area contributed by atoms with Crippen molar-refractivity contribution < 1.29 is 4.39 Å². The molecular formula is C12H14BrClFN. The minimum absolute atomic E-state index is 0.179. The number of hydrogen-bond donors (Lipinski definition) is 0. The van der Waals surface area contributed by atoms with Crippen LogP contribution in [0, 0.1) is 5.82 Å². The zero-order chi connectivity index (χ0) is 11.5. The van der Waals surface area contributed by atoms with Crippen LogP contribution in [0.4, 0.5) is 4.39 Å². The fourth-order valence-corrected chi connectivity index (χ4v) is 2.55. The maximum atomic E-state index is 13.7. The van der Waals surface area contributed by atoms with Gasteiger partial charge in [-0.1, -0.05) is 18.0 Å². The predicted molar refractivity (Wildman–Crippen MR) is 68.2 cm³/mol. The van der Waals surface area contributed by atoms with Crippen LogP contribution >= 0.6 is 27.5 Å². The fourth-order valence-electron chi connectivity index (χ4n) is 2.04. The van der Waals surface area contributed by atoms with Crippen molar-refractivity contribution in [1.82, 2.24) is 4.90 Å². The molecule has 0 unspecified atom stereocenters. The number of halogens is 3. The van der Waals surface area contributed by atoms with Crippen molar-refractivity contribution in [3.05, 3.63) is 33.0 Å². The molecule has 1 aromatic rings. The second kappa shape index (κ2) is 5.48. The third-order valence-corrected chi connectivity index (χ3v) is 4.13. The van der Waals surface area contributed by atoms with E-state index in [2.05, 4.69) is 20.8 Å². The second-order valence-corrected chi connectivity index (χ2v) is 5.46. The topological polar surface area (TPSA) is 3.24 Å². The van der Waals surface area contributed by atoms with Gasteiger partial charge in [-0.25, -0.2) is 4.39 Å². The molecule has 1 aliphatic heterocycles. The minimum atomic E-state index is -0.179. The van der Waals surface area contributed by atoms with E-state index in [0.29, 0.717) is 21.6 Å². The van der Waals surface area contributed by atoms with E-state index in [1.54, 1.807) is 6.07 Å². The lowest BCUT2D eigenvalue weighted by atomic mass is 10.1. The molecule has 0 saturated carbocycles. The lowest BCUT2D eigenvalue weighted by molar-refractivity contribution is 0.218. The van der Waals surface area contributed by atoms with Crippen molar-refractivity contribution in [2.24, 2.45) is 0 Å². The van der Waals surface area contributed by atoms with Crippen LogP contribution in [0.5, 0.6) is 0 Å². The van der Waals surface area contributed by atoms with Crippen LogP contribution in [-0.4, -0.2) is 18.0 Å². The zero-order valence-electron chi connectivity index (χ0n) is 8.98. The van der Waals surface area contributed by atoms with Crippen LogP contribution in [0.3, 0.4) is 0 Å². The highest BCUT2D eigenvalue weighted by atomic mass is 79.9. The maximum absolute atomic E-state index is 13.7. The molecule has 16 heavy (non-hydrogen) atoms. The van der Waals surface area contributed by atoms with Gasteiger partial charge in [0.1, 0.15) is 5.82 Å². The van der Waals surface area contributed by atoms with Crippen LogP contribution in [0.15, 0.2) is 16.6 Å². The zero-order valence-corrected chi connectivity index (χ0v) is 11.3. The highest BCUT2D eigenvalue weighted by Gasteiger charge is 2.14. The molecule has 2 rings (SSSR count). The van der Waals surface area contributed by atoms with Crippen LogP contribution in [0.2, 0.25) is 5.02 Å². The summed E-state index contributed by atoms with van der Waals surface area (Å²) in [5.41, 5.74) is 0.690. The van der Waals surface area contributed by atoms with E-state index in [9.17, 15) is 4.39 Å². The Morgan fingerprint density at radius 3 is 2.62 bits per heavy atom. The normalized spacial score (nSPS) is 17.7. The van der Waals surface area contributed by atoms with Gasteiger partial charge in [0.2, 0.25) is 0 Å². The van der Waals surface area contributed by atoms with E-state index in [4.69, 9.17) is 11.6 Å². The van der Waals surface area contributed by atoms with Gasteiger partial charge in [-0.05, 0) is 54.0 Å². The molecule has 1 saturated heterocycles. The summed E-state index contributed by atoms with van der Waals surface area (Å²) in [4.78, 5) is 2.28. The summed E-state index contributed by atoms with van der Waals surface area (Å²) < 4.78 is 14.3. The molecule has 88 valence electrons. The van der Waals surface area contributed by atoms with Crippen LogP contribution < -0.4 is 0 Å². The van der Waals surface area contributed by atoms with Crippen molar-refractivity contribution >= 4 is 27.5 Å². The van der Waals surface area contributed by atoms with Crippen molar-refractivity contribution in [3.63, 3.8) is 0 Å².